The first-order valence-electron chi connectivity index (χ1n) is 5.64. The molecule has 0 bridgehead atoms. The lowest BCUT2D eigenvalue weighted by molar-refractivity contribution is 0.196. The van der Waals surface area contributed by atoms with E-state index in [9.17, 15) is 0 Å². The highest BCUT2D eigenvalue weighted by Crippen LogP contribution is 2.27. The van der Waals surface area contributed by atoms with Crippen molar-refractivity contribution in [3.05, 3.63) is 15.6 Å². The van der Waals surface area contributed by atoms with Crippen molar-refractivity contribution in [3.63, 3.8) is 0 Å². The van der Waals surface area contributed by atoms with Gasteiger partial charge < -0.3 is 5.11 Å². The summed E-state index contributed by atoms with van der Waals surface area (Å²) in [6, 6.07) is 0. The molecule has 0 aliphatic heterocycles. The van der Waals surface area contributed by atoms with Gasteiger partial charge >= 0.3 is 0 Å². The van der Waals surface area contributed by atoms with Crippen LogP contribution < -0.4 is 0 Å². The molecule has 0 atom stereocenters. The molecule has 0 saturated heterocycles. The summed E-state index contributed by atoms with van der Waals surface area (Å²) in [6.07, 6.45) is 3.67. The highest BCUT2D eigenvalue weighted by molar-refractivity contribution is 7.11. The summed E-state index contributed by atoms with van der Waals surface area (Å²) < 4.78 is 0. The van der Waals surface area contributed by atoms with E-state index >= 15 is 0 Å². The molecule has 1 aliphatic carbocycles. The van der Waals surface area contributed by atoms with E-state index in [0.29, 0.717) is 0 Å². The Labute approximate surface area is 94.8 Å². The minimum absolute atomic E-state index is 0.235. The Morgan fingerprint density at radius 1 is 1.47 bits per heavy atom. The van der Waals surface area contributed by atoms with Crippen LogP contribution in [-0.2, 0) is 19.4 Å². The Balaban J connectivity index is 1.97. The molecular weight excluding hydrogens is 208 g/mol. The summed E-state index contributed by atoms with van der Waals surface area (Å²) in [5.74, 6) is 0. The van der Waals surface area contributed by atoms with Crippen molar-refractivity contribution in [3.8, 4) is 0 Å². The van der Waals surface area contributed by atoms with Crippen molar-refractivity contribution in [1.29, 1.82) is 0 Å². The lowest BCUT2D eigenvalue weighted by Gasteiger charge is -2.17. The molecule has 0 spiro atoms. The Morgan fingerprint density at radius 3 is 3.00 bits per heavy atom. The topological polar surface area (TPSA) is 36.4 Å². The Bertz CT molecular complexity index is 303. The fourth-order valence-corrected chi connectivity index (χ4v) is 3.19. The molecule has 1 N–H and O–H groups in total. The third kappa shape index (κ3) is 2.56. The van der Waals surface area contributed by atoms with Gasteiger partial charge in [0.25, 0.3) is 0 Å². The molecule has 15 heavy (non-hydrogen) atoms. The normalized spacial score (nSPS) is 14.9. The first kappa shape index (κ1) is 11.0. The van der Waals surface area contributed by atoms with Crippen LogP contribution in [-0.4, -0.2) is 34.7 Å². The molecule has 84 valence electrons. The molecule has 0 saturated carbocycles. The highest BCUT2D eigenvalue weighted by Gasteiger charge is 2.17. The number of aromatic nitrogens is 1. The van der Waals surface area contributed by atoms with E-state index in [-0.39, 0.29) is 6.61 Å². The maximum atomic E-state index is 8.90. The van der Waals surface area contributed by atoms with Crippen LogP contribution >= 0.6 is 11.3 Å². The first-order valence-corrected chi connectivity index (χ1v) is 6.45. The second-order valence-electron chi connectivity index (χ2n) is 3.92. The van der Waals surface area contributed by atoms with Crippen LogP contribution in [0.1, 0.15) is 28.9 Å². The van der Waals surface area contributed by atoms with E-state index in [2.05, 4.69) is 16.8 Å². The van der Waals surface area contributed by atoms with Gasteiger partial charge in [0, 0.05) is 11.4 Å². The Morgan fingerprint density at radius 2 is 2.33 bits per heavy atom. The minimum Gasteiger partial charge on any atom is -0.395 e. The molecule has 0 fully saturated rings. The fraction of sp³-hybridized carbons (Fsp3) is 0.727. The van der Waals surface area contributed by atoms with Crippen LogP contribution in [0, 0.1) is 0 Å². The lowest BCUT2D eigenvalue weighted by atomic mass is 10.4. The van der Waals surface area contributed by atoms with E-state index in [0.717, 1.165) is 26.1 Å². The number of likely N-dealkylation sites (N-methyl/N-ethyl adjacent to an activating group) is 1. The van der Waals surface area contributed by atoms with Crippen LogP contribution in [0.3, 0.4) is 0 Å². The third-order valence-electron chi connectivity index (χ3n) is 2.86. The van der Waals surface area contributed by atoms with Gasteiger partial charge in [-0.2, -0.15) is 0 Å². The van der Waals surface area contributed by atoms with Gasteiger partial charge in [-0.1, -0.05) is 6.92 Å². The Kier molecular flexibility index (Phi) is 3.72. The number of rotatable bonds is 5. The van der Waals surface area contributed by atoms with Crippen molar-refractivity contribution in [2.24, 2.45) is 0 Å². The SMILES string of the molecule is CCN(CCO)Cc1nc2c(s1)CCC2. The smallest absolute Gasteiger partial charge is 0.107 e. The average Bonchev–Trinajstić information content (AvgIpc) is 2.77. The quantitative estimate of drug-likeness (QED) is 0.825. The van der Waals surface area contributed by atoms with Gasteiger partial charge in [-0.3, -0.25) is 4.90 Å². The van der Waals surface area contributed by atoms with Crippen LogP contribution in [0.2, 0.25) is 0 Å². The molecule has 1 aromatic heterocycles. The van der Waals surface area contributed by atoms with Crippen molar-refractivity contribution in [2.45, 2.75) is 32.7 Å². The van der Waals surface area contributed by atoms with E-state index in [4.69, 9.17) is 5.11 Å². The number of aliphatic hydroxyl groups excluding tert-OH is 1. The summed E-state index contributed by atoms with van der Waals surface area (Å²) in [7, 11) is 0. The average molecular weight is 226 g/mol. The van der Waals surface area contributed by atoms with Gasteiger partial charge in [0.15, 0.2) is 0 Å². The molecule has 4 heteroatoms. The summed E-state index contributed by atoms with van der Waals surface area (Å²) in [6.45, 7) is 4.98. The molecule has 1 aliphatic rings. The van der Waals surface area contributed by atoms with Crippen LogP contribution in [0.15, 0.2) is 0 Å². The summed E-state index contributed by atoms with van der Waals surface area (Å²) >= 11 is 1.86. The zero-order chi connectivity index (χ0) is 10.7. The van der Waals surface area contributed by atoms with Crippen molar-refractivity contribution < 1.29 is 5.11 Å². The molecule has 1 aromatic rings. The number of hydrogen-bond donors (Lipinski definition) is 1. The number of nitrogens with zero attached hydrogens (tertiary/aromatic N) is 2. The molecule has 0 aromatic carbocycles. The highest BCUT2D eigenvalue weighted by atomic mass is 32.1. The molecule has 0 radical (unpaired) electrons. The standard InChI is InChI=1S/C11H18N2OS/c1-2-13(6-7-14)8-11-12-9-4-3-5-10(9)15-11/h14H,2-8H2,1H3. The summed E-state index contributed by atoms with van der Waals surface area (Å²) in [4.78, 5) is 8.38. The predicted molar refractivity (Wildman–Crippen MR) is 62.2 cm³/mol. The molecular formula is C11H18N2OS. The van der Waals surface area contributed by atoms with E-state index < -0.39 is 0 Å². The van der Waals surface area contributed by atoms with Crippen molar-refractivity contribution in [1.82, 2.24) is 9.88 Å². The third-order valence-corrected chi connectivity index (χ3v) is 4.00. The van der Waals surface area contributed by atoms with Crippen molar-refractivity contribution in [2.75, 3.05) is 19.7 Å². The monoisotopic (exact) mass is 226 g/mol. The van der Waals surface area contributed by atoms with E-state index in [1.54, 1.807) is 0 Å². The van der Waals surface area contributed by atoms with Gasteiger partial charge in [0.2, 0.25) is 0 Å². The zero-order valence-corrected chi connectivity index (χ0v) is 10.0. The van der Waals surface area contributed by atoms with Gasteiger partial charge in [-0.05, 0) is 25.8 Å². The summed E-state index contributed by atoms with van der Waals surface area (Å²) in [5.41, 5.74) is 1.33. The molecule has 1 heterocycles. The summed E-state index contributed by atoms with van der Waals surface area (Å²) in [5, 5.41) is 10.1. The second-order valence-corrected chi connectivity index (χ2v) is 5.09. The largest absolute Gasteiger partial charge is 0.395 e. The Hall–Kier alpha value is -0.450. The lowest BCUT2D eigenvalue weighted by Crippen LogP contribution is -2.26. The number of fused-ring (bicyclic) bond motifs is 1. The maximum Gasteiger partial charge on any atom is 0.107 e. The molecule has 0 amide bonds. The van der Waals surface area contributed by atoms with Crippen LogP contribution in [0.25, 0.3) is 0 Å². The fourth-order valence-electron chi connectivity index (χ4n) is 1.99. The predicted octanol–water partition coefficient (Wildman–Crippen LogP) is 1.45. The van der Waals surface area contributed by atoms with E-state index in [1.165, 1.54) is 28.4 Å². The second kappa shape index (κ2) is 5.05. The maximum absolute atomic E-state index is 8.90. The number of aliphatic hydroxyl groups is 1. The van der Waals surface area contributed by atoms with Gasteiger partial charge in [0.1, 0.15) is 5.01 Å². The van der Waals surface area contributed by atoms with Gasteiger partial charge in [-0.25, -0.2) is 4.98 Å². The number of hydrogen-bond acceptors (Lipinski definition) is 4. The molecule has 2 rings (SSSR count). The van der Waals surface area contributed by atoms with Gasteiger partial charge in [0.05, 0.1) is 18.8 Å². The van der Waals surface area contributed by atoms with Crippen molar-refractivity contribution >= 4 is 11.3 Å². The number of aryl methyl sites for hydroxylation is 2. The van der Waals surface area contributed by atoms with E-state index in [1.807, 2.05) is 11.3 Å². The van der Waals surface area contributed by atoms with Gasteiger partial charge in [-0.15, -0.1) is 11.3 Å². The van der Waals surface area contributed by atoms with Crippen LogP contribution in [0.4, 0.5) is 0 Å². The minimum atomic E-state index is 0.235. The molecule has 3 nitrogen and oxygen atoms in total. The molecule has 0 unspecified atom stereocenters. The first-order chi connectivity index (χ1) is 7.33. The number of thiazole rings is 1. The zero-order valence-electron chi connectivity index (χ0n) is 9.20. The van der Waals surface area contributed by atoms with Crippen LogP contribution in [0.5, 0.6) is 0 Å².